The van der Waals surface area contributed by atoms with Crippen molar-refractivity contribution >= 4 is 17.5 Å². The number of aliphatic hydroxyl groups is 1. The van der Waals surface area contributed by atoms with E-state index in [2.05, 4.69) is 5.32 Å². The lowest BCUT2D eigenvalue weighted by Crippen LogP contribution is -2.22. The molecule has 2 rings (SSSR count). The molecular weight excluding hydrogens is 254 g/mol. The first-order valence-electron chi connectivity index (χ1n) is 5.41. The number of carbonyl (C=O) groups is 1. The minimum absolute atomic E-state index is 0.188. The fourth-order valence-electron chi connectivity index (χ4n) is 1.46. The monoisotopic (exact) mass is 265 g/mol. The minimum atomic E-state index is -0.315. The molecule has 2 aromatic rings. The van der Waals surface area contributed by atoms with Gasteiger partial charge in [0.1, 0.15) is 12.4 Å². The second kappa shape index (κ2) is 5.71. The number of halogens is 1. The van der Waals surface area contributed by atoms with Crippen molar-refractivity contribution < 1.29 is 14.3 Å². The summed E-state index contributed by atoms with van der Waals surface area (Å²) in [5.41, 5.74) is 0.946. The summed E-state index contributed by atoms with van der Waals surface area (Å²) in [5, 5.41) is 12.2. The summed E-state index contributed by atoms with van der Waals surface area (Å²) in [6, 6.07) is 10.3. The Bertz CT molecular complexity index is 533. The van der Waals surface area contributed by atoms with Crippen molar-refractivity contribution in [1.82, 2.24) is 5.32 Å². The molecular formula is C13H12ClNO3. The van der Waals surface area contributed by atoms with Crippen molar-refractivity contribution in [3.8, 4) is 0 Å². The Kier molecular flexibility index (Phi) is 4.02. The Morgan fingerprint density at radius 2 is 1.94 bits per heavy atom. The standard InChI is InChI=1S/C13H12ClNO3/c14-10-3-1-9(2-4-10)7-15-13(17)12-6-5-11(8-16)18-12/h1-6,16H,7-8H2,(H,15,17). The van der Waals surface area contributed by atoms with Crippen molar-refractivity contribution in [2.75, 3.05) is 0 Å². The fourth-order valence-corrected chi connectivity index (χ4v) is 1.58. The molecule has 0 saturated heterocycles. The highest BCUT2D eigenvalue weighted by Gasteiger charge is 2.10. The molecule has 0 aliphatic rings. The zero-order chi connectivity index (χ0) is 13.0. The summed E-state index contributed by atoms with van der Waals surface area (Å²) in [7, 11) is 0. The molecule has 0 fully saturated rings. The Labute approximate surface area is 109 Å². The third kappa shape index (κ3) is 3.12. The van der Waals surface area contributed by atoms with Gasteiger partial charge in [-0.25, -0.2) is 0 Å². The van der Waals surface area contributed by atoms with Crippen LogP contribution in [0.15, 0.2) is 40.8 Å². The van der Waals surface area contributed by atoms with E-state index in [4.69, 9.17) is 21.1 Å². The van der Waals surface area contributed by atoms with Crippen molar-refractivity contribution in [3.63, 3.8) is 0 Å². The normalized spacial score (nSPS) is 10.3. The molecule has 1 amide bonds. The molecule has 18 heavy (non-hydrogen) atoms. The summed E-state index contributed by atoms with van der Waals surface area (Å²) >= 11 is 5.76. The average molecular weight is 266 g/mol. The topological polar surface area (TPSA) is 62.5 Å². The van der Waals surface area contributed by atoms with Crippen molar-refractivity contribution in [1.29, 1.82) is 0 Å². The zero-order valence-corrected chi connectivity index (χ0v) is 10.3. The van der Waals surface area contributed by atoms with Gasteiger partial charge in [-0.2, -0.15) is 0 Å². The maximum Gasteiger partial charge on any atom is 0.287 e. The highest BCUT2D eigenvalue weighted by atomic mass is 35.5. The van der Waals surface area contributed by atoms with Gasteiger partial charge in [0.2, 0.25) is 0 Å². The second-order valence-corrected chi connectivity index (χ2v) is 4.17. The van der Waals surface area contributed by atoms with E-state index >= 15 is 0 Å². The van der Waals surface area contributed by atoms with E-state index in [9.17, 15) is 4.79 Å². The van der Waals surface area contributed by atoms with E-state index in [-0.39, 0.29) is 18.3 Å². The molecule has 94 valence electrons. The first-order chi connectivity index (χ1) is 8.69. The number of furan rings is 1. The number of benzene rings is 1. The molecule has 1 aromatic heterocycles. The Hall–Kier alpha value is -1.78. The number of rotatable bonds is 4. The van der Waals surface area contributed by atoms with E-state index in [1.807, 2.05) is 12.1 Å². The van der Waals surface area contributed by atoms with Gasteiger partial charge in [-0.3, -0.25) is 4.79 Å². The van der Waals surface area contributed by atoms with Crippen LogP contribution in [0.4, 0.5) is 0 Å². The van der Waals surface area contributed by atoms with Gasteiger partial charge in [0, 0.05) is 11.6 Å². The maximum absolute atomic E-state index is 11.7. The van der Waals surface area contributed by atoms with Crippen molar-refractivity contribution in [3.05, 3.63) is 58.5 Å². The molecule has 0 aliphatic heterocycles. The largest absolute Gasteiger partial charge is 0.453 e. The minimum Gasteiger partial charge on any atom is -0.453 e. The predicted molar refractivity (Wildman–Crippen MR) is 67.3 cm³/mol. The highest BCUT2D eigenvalue weighted by molar-refractivity contribution is 6.30. The molecule has 0 unspecified atom stereocenters. The van der Waals surface area contributed by atoms with Crippen LogP contribution in [0.1, 0.15) is 21.9 Å². The summed E-state index contributed by atoms with van der Waals surface area (Å²) < 4.78 is 5.12. The van der Waals surface area contributed by atoms with Gasteiger partial charge in [-0.1, -0.05) is 23.7 Å². The highest BCUT2D eigenvalue weighted by Crippen LogP contribution is 2.10. The van der Waals surface area contributed by atoms with Gasteiger partial charge in [0.15, 0.2) is 5.76 Å². The lowest BCUT2D eigenvalue weighted by molar-refractivity contribution is 0.0918. The van der Waals surface area contributed by atoms with Crippen LogP contribution in [0.3, 0.4) is 0 Å². The number of carbonyl (C=O) groups excluding carboxylic acids is 1. The molecule has 0 aliphatic carbocycles. The number of hydrogen-bond donors (Lipinski definition) is 2. The van der Waals surface area contributed by atoms with Crippen LogP contribution in [0, 0.1) is 0 Å². The molecule has 0 saturated carbocycles. The molecule has 1 heterocycles. The van der Waals surface area contributed by atoms with Gasteiger partial charge in [0.05, 0.1) is 0 Å². The number of amides is 1. The first kappa shape index (κ1) is 12.7. The van der Waals surface area contributed by atoms with Crippen LogP contribution in [0.2, 0.25) is 5.02 Å². The fraction of sp³-hybridized carbons (Fsp3) is 0.154. The lowest BCUT2D eigenvalue weighted by atomic mass is 10.2. The summed E-state index contributed by atoms with van der Waals surface area (Å²) in [6.07, 6.45) is 0. The molecule has 0 bridgehead atoms. The van der Waals surface area contributed by atoms with Crippen LogP contribution in [0.25, 0.3) is 0 Å². The molecule has 1 aromatic carbocycles. The van der Waals surface area contributed by atoms with Crippen LogP contribution in [-0.4, -0.2) is 11.0 Å². The third-order valence-corrected chi connectivity index (χ3v) is 2.66. The maximum atomic E-state index is 11.7. The van der Waals surface area contributed by atoms with E-state index in [1.165, 1.54) is 6.07 Å². The first-order valence-corrected chi connectivity index (χ1v) is 5.79. The smallest absolute Gasteiger partial charge is 0.287 e. The van der Waals surface area contributed by atoms with Crippen molar-refractivity contribution in [2.45, 2.75) is 13.2 Å². The molecule has 0 radical (unpaired) electrons. The predicted octanol–water partition coefficient (Wildman–Crippen LogP) is 2.36. The van der Waals surface area contributed by atoms with Gasteiger partial charge in [0.25, 0.3) is 5.91 Å². The molecule has 2 N–H and O–H groups in total. The number of aliphatic hydroxyl groups excluding tert-OH is 1. The lowest BCUT2D eigenvalue weighted by Gasteiger charge is -2.03. The SMILES string of the molecule is O=C(NCc1ccc(Cl)cc1)c1ccc(CO)o1. The van der Waals surface area contributed by atoms with E-state index in [1.54, 1.807) is 18.2 Å². The van der Waals surface area contributed by atoms with Crippen LogP contribution < -0.4 is 5.32 Å². The molecule has 0 atom stereocenters. The number of hydrogen-bond acceptors (Lipinski definition) is 3. The Balaban J connectivity index is 1.93. The molecule has 0 spiro atoms. The van der Waals surface area contributed by atoms with Gasteiger partial charge < -0.3 is 14.8 Å². The van der Waals surface area contributed by atoms with E-state index in [0.717, 1.165) is 5.56 Å². The van der Waals surface area contributed by atoms with Crippen LogP contribution in [0.5, 0.6) is 0 Å². The van der Waals surface area contributed by atoms with E-state index in [0.29, 0.717) is 17.3 Å². The average Bonchev–Trinajstić information content (AvgIpc) is 2.86. The van der Waals surface area contributed by atoms with Gasteiger partial charge in [-0.05, 0) is 29.8 Å². The molecule has 5 heteroatoms. The second-order valence-electron chi connectivity index (χ2n) is 3.73. The Morgan fingerprint density at radius 3 is 2.56 bits per heavy atom. The van der Waals surface area contributed by atoms with Crippen LogP contribution >= 0.6 is 11.6 Å². The summed E-state index contributed by atoms with van der Waals surface area (Å²) in [5.74, 6) is 0.240. The summed E-state index contributed by atoms with van der Waals surface area (Å²) in [6.45, 7) is 0.176. The third-order valence-electron chi connectivity index (χ3n) is 2.41. The Morgan fingerprint density at radius 1 is 1.22 bits per heavy atom. The summed E-state index contributed by atoms with van der Waals surface area (Å²) in [4.78, 5) is 11.7. The zero-order valence-electron chi connectivity index (χ0n) is 9.52. The van der Waals surface area contributed by atoms with Crippen LogP contribution in [-0.2, 0) is 13.2 Å². The quantitative estimate of drug-likeness (QED) is 0.892. The molecule has 4 nitrogen and oxygen atoms in total. The van der Waals surface area contributed by atoms with Gasteiger partial charge in [-0.15, -0.1) is 0 Å². The van der Waals surface area contributed by atoms with Gasteiger partial charge >= 0.3 is 0 Å². The number of nitrogens with one attached hydrogen (secondary N) is 1. The van der Waals surface area contributed by atoms with Crippen molar-refractivity contribution in [2.24, 2.45) is 0 Å². The van der Waals surface area contributed by atoms with E-state index < -0.39 is 0 Å².